The van der Waals surface area contributed by atoms with Gasteiger partial charge < -0.3 is 4.42 Å². The van der Waals surface area contributed by atoms with Crippen molar-refractivity contribution >= 4 is 10.0 Å². The van der Waals surface area contributed by atoms with Gasteiger partial charge in [-0.2, -0.15) is 18.3 Å². The number of sulfonamides is 1. The van der Waals surface area contributed by atoms with Crippen LogP contribution < -0.4 is 10.3 Å². The van der Waals surface area contributed by atoms with Crippen LogP contribution in [0.15, 0.2) is 62.8 Å². The molecule has 29 heavy (non-hydrogen) atoms. The summed E-state index contributed by atoms with van der Waals surface area (Å²) < 4.78 is 84.3. The highest BCUT2D eigenvalue weighted by molar-refractivity contribution is 7.89. The molecule has 1 N–H and O–H groups in total. The molecule has 0 aliphatic rings. The Hall–Kier alpha value is -2.99. The Morgan fingerprint density at radius 1 is 1.14 bits per heavy atom. The fourth-order valence-corrected chi connectivity index (χ4v) is 3.47. The molecule has 3 rings (SSSR count). The standard InChI is InChI=1S/C17H13F4N3O4S/c18-13-4-3-11(10-12(13)17(19,20)21)29(26,27)22-7-8-24-16(25)6-5-14(23-24)15-2-1-9-28-15/h1-6,9-10,22H,7-8H2. The second-order valence-corrected chi connectivity index (χ2v) is 7.56. The number of halogens is 4. The molecule has 1 aromatic carbocycles. The van der Waals surface area contributed by atoms with Crippen molar-refractivity contribution in [2.75, 3.05) is 6.54 Å². The number of hydrogen-bond donors (Lipinski definition) is 1. The van der Waals surface area contributed by atoms with Gasteiger partial charge in [0.1, 0.15) is 11.5 Å². The molecule has 0 aliphatic carbocycles. The van der Waals surface area contributed by atoms with Crippen LogP contribution >= 0.6 is 0 Å². The first-order valence-electron chi connectivity index (χ1n) is 8.06. The molecule has 3 aromatic rings. The van der Waals surface area contributed by atoms with Crippen molar-refractivity contribution in [1.82, 2.24) is 14.5 Å². The molecule has 12 heteroatoms. The topological polar surface area (TPSA) is 94.2 Å². The van der Waals surface area contributed by atoms with Crippen LogP contribution in [0.3, 0.4) is 0 Å². The van der Waals surface area contributed by atoms with Crippen LogP contribution in [0.1, 0.15) is 5.56 Å². The third kappa shape index (κ3) is 4.71. The van der Waals surface area contributed by atoms with Crippen molar-refractivity contribution in [1.29, 1.82) is 0 Å². The summed E-state index contributed by atoms with van der Waals surface area (Å²) in [6.07, 6.45) is -3.63. The summed E-state index contributed by atoms with van der Waals surface area (Å²) in [7, 11) is -4.37. The van der Waals surface area contributed by atoms with E-state index in [1.807, 2.05) is 0 Å². The van der Waals surface area contributed by atoms with E-state index < -0.39 is 38.0 Å². The van der Waals surface area contributed by atoms with Gasteiger partial charge in [-0.3, -0.25) is 4.79 Å². The van der Waals surface area contributed by atoms with E-state index in [4.69, 9.17) is 4.42 Å². The van der Waals surface area contributed by atoms with Crippen molar-refractivity contribution < 1.29 is 30.4 Å². The van der Waals surface area contributed by atoms with E-state index in [1.165, 1.54) is 18.4 Å². The van der Waals surface area contributed by atoms with Gasteiger partial charge in [-0.25, -0.2) is 22.2 Å². The average molecular weight is 431 g/mol. The zero-order valence-electron chi connectivity index (χ0n) is 14.5. The monoisotopic (exact) mass is 431 g/mol. The molecular formula is C17H13F4N3O4S. The summed E-state index contributed by atoms with van der Waals surface area (Å²) in [5.41, 5.74) is -1.86. The Morgan fingerprint density at radius 2 is 1.90 bits per heavy atom. The van der Waals surface area contributed by atoms with Gasteiger partial charge in [0.25, 0.3) is 5.56 Å². The Kier molecular flexibility index (Phi) is 5.57. The van der Waals surface area contributed by atoms with E-state index in [-0.39, 0.29) is 19.2 Å². The van der Waals surface area contributed by atoms with Crippen LogP contribution in [-0.4, -0.2) is 24.7 Å². The van der Waals surface area contributed by atoms with Gasteiger partial charge in [-0.05, 0) is 36.4 Å². The highest BCUT2D eigenvalue weighted by atomic mass is 32.2. The molecule has 2 aromatic heterocycles. The number of rotatable bonds is 6. The molecule has 0 fully saturated rings. The Morgan fingerprint density at radius 3 is 2.55 bits per heavy atom. The van der Waals surface area contributed by atoms with Crippen LogP contribution in [0.5, 0.6) is 0 Å². The van der Waals surface area contributed by atoms with Crippen LogP contribution in [0.2, 0.25) is 0 Å². The minimum atomic E-state index is -5.04. The highest BCUT2D eigenvalue weighted by Gasteiger charge is 2.35. The minimum absolute atomic E-state index is 0.195. The Balaban J connectivity index is 1.75. The molecule has 0 radical (unpaired) electrons. The van der Waals surface area contributed by atoms with E-state index in [0.717, 1.165) is 10.7 Å². The molecule has 0 unspecified atom stereocenters. The maximum absolute atomic E-state index is 13.3. The SMILES string of the molecule is O=c1ccc(-c2ccco2)nn1CCNS(=O)(=O)c1ccc(F)c(C(F)(F)F)c1. The van der Waals surface area contributed by atoms with Crippen molar-refractivity contribution in [2.24, 2.45) is 0 Å². The molecule has 0 atom stereocenters. The van der Waals surface area contributed by atoms with E-state index in [0.29, 0.717) is 17.5 Å². The fraction of sp³-hybridized carbons (Fsp3) is 0.176. The van der Waals surface area contributed by atoms with Crippen molar-refractivity contribution in [3.05, 3.63) is 70.5 Å². The smallest absolute Gasteiger partial charge is 0.419 e. The average Bonchev–Trinajstić information content (AvgIpc) is 3.17. The number of alkyl halides is 3. The van der Waals surface area contributed by atoms with E-state index in [2.05, 4.69) is 9.82 Å². The molecule has 7 nitrogen and oxygen atoms in total. The quantitative estimate of drug-likeness (QED) is 0.606. The second-order valence-electron chi connectivity index (χ2n) is 5.79. The van der Waals surface area contributed by atoms with Gasteiger partial charge >= 0.3 is 6.18 Å². The first-order chi connectivity index (χ1) is 13.6. The van der Waals surface area contributed by atoms with Crippen LogP contribution in [0, 0.1) is 5.82 Å². The maximum Gasteiger partial charge on any atom is 0.419 e. The lowest BCUT2D eigenvalue weighted by atomic mass is 10.2. The Labute approximate surface area is 161 Å². The molecule has 0 aliphatic heterocycles. The molecule has 0 saturated carbocycles. The predicted molar refractivity (Wildman–Crippen MR) is 92.8 cm³/mol. The number of furan rings is 1. The summed E-state index contributed by atoms with van der Waals surface area (Å²) in [5.74, 6) is -1.19. The minimum Gasteiger partial charge on any atom is -0.463 e. The zero-order valence-corrected chi connectivity index (χ0v) is 15.3. The van der Waals surface area contributed by atoms with Crippen molar-refractivity contribution in [2.45, 2.75) is 17.6 Å². The predicted octanol–water partition coefficient (Wildman–Crippen LogP) is 2.64. The third-order valence-corrected chi connectivity index (χ3v) is 5.27. The largest absolute Gasteiger partial charge is 0.463 e. The van der Waals surface area contributed by atoms with Gasteiger partial charge in [0.15, 0.2) is 5.76 Å². The van der Waals surface area contributed by atoms with Gasteiger partial charge in [0, 0.05) is 12.6 Å². The van der Waals surface area contributed by atoms with Gasteiger partial charge in [0.05, 0.1) is 23.3 Å². The van der Waals surface area contributed by atoms with E-state index >= 15 is 0 Å². The lowest BCUT2D eigenvalue weighted by molar-refractivity contribution is -0.140. The summed E-state index contributed by atoms with van der Waals surface area (Å²) >= 11 is 0. The van der Waals surface area contributed by atoms with E-state index in [1.54, 1.807) is 12.1 Å². The summed E-state index contributed by atoms with van der Waals surface area (Å²) in [6.45, 7) is -0.532. The zero-order chi connectivity index (χ0) is 21.2. The van der Waals surface area contributed by atoms with Gasteiger partial charge in [-0.1, -0.05) is 0 Å². The van der Waals surface area contributed by atoms with Crippen LogP contribution in [-0.2, 0) is 22.7 Å². The maximum atomic E-state index is 13.3. The molecular weight excluding hydrogens is 418 g/mol. The lowest BCUT2D eigenvalue weighted by Crippen LogP contribution is -2.32. The molecule has 2 heterocycles. The fourth-order valence-electron chi connectivity index (χ4n) is 2.42. The number of nitrogens with one attached hydrogen (secondary N) is 1. The highest BCUT2D eigenvalue weighted by Crippen LogP contribution is 2.32. The number of aromatic nitrogens is 2. The summed E-state index contributed by atoms with van der Waals surface area (Å²) in [5, 5.41) is 4.04. The normalized spacial score (nSPS) is 12.3. The number of nitrogens with zero attached hydrogens (tertiary/aromatic N) is 2. The lowest BCUT2D eigenvalue weighted by Gasteiger charge is -2.12. The molecule has 0 amide bonds. The molecule has 154 valence electrons. The molecule has 0 spiro atoms. The number of hydrogen-bond acceptors (Lipinski definition) is 5. The third-order valence-electron chi connectivity index (χ3n) is 3.81. The first kappa shape index (κ1) is 20.7. The van der Waals surface area contributed by atoms with Crippen LogP contribution in [0.4, 0.5) is 17.6 Å². The number of benzene rings is 1. The second kappa shape index (κ2) is 7.79. The first-order valence-corrected chi connectivity index (χ1v) is 9.55. The van der Waals surface area contributed by atoms with E-state index in [9.17, 15) is 30.8 Å². The Bertz CT molecular complexity index is 1170. The van der Waals surface area contributed by atoms with Gasteiger partial charge in [-0.15, -0.1) is 0 Å². The summed E-state index contributed by atoms with van der Waals surface area (Å²) in [4.78, 5) is 11.1. The van der Waals surface area contributed by atoms with Crippen LogP contribution in [0.25, 0.3) is 11.5 Å². The molecule has 0 bridgehead atoms. The molecule has 0 saturated heterocycles. The van der Waals surface area contributed by atoms with Crippen molar-refractivity contribution in [3.63, 3.8) is 0 Å². The van der Waals surface area contributed by atoms with Gasteiger partial charge in [0.2, 0.25) is 10.0 Å². The summed E-state index contributed by atoms with van der Waals surface area (Å²) in [6, 6.07) is 7.24. The van der Waals surface area contributed by atoms with Crippen molar-refractivity contribution in [3.8, 4) is 11.5 Å².